The average molecular weight is 375 g/mol. The lowest BCUT2D eigenvalue weighted by Gasteiger charge is -2.31. The van der Waals surface area contributed by atoms with Gasteiger partial charge in [-0.25, -0.2) is 13.4 Å². The summed E-state index contributed by atoms with van der Waals surface area (Å²) < 4.78 is 32.1. The molecule has 1 saturated heterocycles. The van der Waals surface area contributed by atoms with Crippen LogP contribution in [0.4, 0.5) is 5.69 Å². The van der Waals surface area contributed by atoms with E-state index in [1.165, 1.54) is 11.4 Å². The Bertz CT molecular complexity index is 871. The molecule has 1 aromatic heterocycles. The predicted molar refractivity (Wildman–Crippen MR) is 97.3 cm³/mol. The van der Waals surface area contributed by atoms with Crippen LogP contribution in [-0.2, 0) is 14.8 Å². The minimum Gasteiger partial charge on any atom is -0.480 e. The molecule has 2 heterocycles. The van der Waals surface area contributed by atoms with Gasteiger partial charge in [0.25, 0.3) is 0 Å². The van der Waals surface area contributed by atoms with Gasteiger partial charge >= 0.3 is 0 Å². The Kier molecular flexibility index (Phi) is 5.53. The number of pyridine rings is 1. The molecule has 1 aliphatic heterocycles. The molecule has 8 heteroatoms. The molecule has 1 aromatic carbocycles. The summed E-state index contributed by atoms with van der Waals surface area (Å²) in [7, 11) is -2.12. The van der Waals surface area contributed by atoms with Crippen LogP contribution in [0.5, 0.6) is 5.88 Å². The highest BCUT2D eigenvalue weighted by Crippen LogP contribution is 2.26. The van der Waals surface area contributed by atoms with E-state index in [4.69, 9.17) is 4.74 Å². The Morgan fingerprint density at radius 1 is 1.23 bits per heavy atom. The number of aromatic nitrogens is 1. The van der Waals surface area contributed by atoms with Crippen molar-refractivity contribution in [3.8, 4) is 5.88 Å². The second-order valence-electron chi connectivity index (χ2n) is 6.06. The van der Waals surface area contributed by atoms with E-state index in [2.05, 4.69) is 10.3 Å². The van der Waals surface area contributed by atoms with Gasteiger partial charge in [0.05, 0.1) is 17.9 Å². The zero-order valence-electron chi connectivity index (χ0n) is 14.5. The number of anilines is 1. The third kappa shape index (κ3) is 3.86. The van der Waals surface area contributed by atoms with Crippen LogP contribution in [0.3, 0.4) is 0 Å². The number of hydrogen-bond acceptors (Lipinski definition) is 5. The molecule has 1 N–H and O–H groups in total. The van der Waals surface area contributed by atoms with Crippen molar-refractivity contribution in [1.82, 2.24) is 9.29 Å². The maximum absolute atomic E-state index is 12.8. The van der Waals surface area contributed by atoms with Gasteiger partial charge < -0.3 is 10.1 Å². The van der Waals surface area contributed by atoms with Gasteiger partial charge in [0.2, 0.25) is 21.8 Å². The Morgan fingerprint density at radius 3 is 2.73 bits per heavy atom. The highest BCUT2D eigenvalue weighted by atomic mass is 32.2. The quantitative estimate of drug-likeness (QED) is 0.865. The van der Waals surface area contributed by atoms with Crippen molar-refractivity contribution < 1.29 is 17.9 Å². The van der Waals surface area contributed by atoms with Crippen molar-refractivity contribution in [1.29, 1.82) is 0 Å². The maximum atomic E-state index is 12.8. The molecule has 0 saturated carbocycles. The number of nitrogens with zero attached hydrogens (tertiary/aromatic N) is 2. The van der Waals surface area contributed by atoms with Crippen molar-refractivity contribution in [3.63, 3.8) is 0 Å². The Hall–Kier alpha value is -2.45. The van der Waals surface area contributed by atoms with Crippen molar-refractivity contribution in [2.75, 3.05) is 25.5 Å². The topological polar surface area (TPSA) is 88.6 Å². The van der Waals surface area contributed by atoms with Crippen molar-refractivity contribution in [3.05, 3.63) is 48.7 Å². The molecule has 0 spiro atoms. The zero-order chi connectivity index (χ0) is 18.6. The lowest BCUT2D eigenvalue weighted by Crippen LogP contribution is -2.43. The van der Waals surface area contributed by atoms with Gasteiger partial charge in [-0.05, 0) is 37.1 Å². The van der Waals surface area contributed by atoms with Crippen LogP contribution in [0.25, 0.3) is 0 Å². The summed E-state index contributed by atoms with van der Waals surface area (Å²) in [6.45, 7) is 0.572. The van der Waals surface area contributed by atoms with E-state index in [0.717, 1.165) is 0 Å². The molecule has 0 radical (unpaired) electrons. The van der Waals surface area contributed by atoms with Crippen LogP contribution in [0.15, 0.2) is 53.6 Å². The normalized spacial score (nSPS) is 18.3. The van der Waals surface area contributed by atoms with E-state index in [-0.39, 0.29) is 17.3 Å². The first-order chi connectivity index (χ1) is 12.5. The predicted octanol–water partition coefficient (Wildman–Crippen LogP) is 2.13. The minimum atomic E-state index is -3.60. The molecular formula is C18H21N3O4S. The Morgan fingerprint density at radius 2 is 2.00 bits per heavy atom. The van der Waals surface area contributed by atoms with Crippen LogP contribution < -0.4 is 10.1 Å². The largest absolute Gasteiger partial charge is 0.480 e. The summed E-state index contributed by atoms with van der Waals surface area (Å²) in [5.41, 5.74) is 0.475. The van der Waals surface area contributed by atoms with Gasteiger partial charge in [0.15, 0.2) is 0 Å². The lowest BCUT2D eigenvalue weighted by molar-refractivity contribution is -0.120. The second-order valence-corrected chi connectivity index (χ2v) is 8.00. The summed E-state index contributed by atoms with van der Waals surface area (Å²) in [5.74, 6) is -0.332. The number of benzene rings is 1. The zero-order valence-corrected chi connectivity index (χ0v) is 15.3. The van der Waals surface area contributed by atoms with Gasteiger partial charge in [-0.15, -0.1) is 0 Å². The van der Waals surface area contributed by atoms with E-state index < -0.39 is 15.9 Å². The minimum absolute atomic E-state index is 0.158. The third-order valence-electron chi connectivity index (χ3n) is 4.36. The summed E-state index contributed by atoms with van der Waals surface area (Å²) >= 11 is 0. The van der Waals surface area contributed by atoms with Gasteiger partial charge in [-0.3, -0.25) is 4.79 Å². The number of carbonyl (C=O) groups excluding carboxylic acids is 1. The number of methoxy groups -OCH3 is 1. The van der Waals surface area contributed by atoms with Gasteiger partial charge in [0.1, 0.15) is 5.69 Å². The number of carbonyl (C=O) groups is 1. The fourth-order valence-electron chi connectivity index (χ4n) is 3.00. The number of hydrogen-bond donors (Lipinski definition) is 1. The number of piperidine rings is 1. The van der Waals surface area contributed by atoms with Crippen molar-refractivity contribution >= 4 is 21.6 Å². The van der Waals surface area contributed by atoms with E-state index in [1.54, 1.807) is 48.7 Å². The number of amides is 1. The molecule has 1 atom stereocenters. The first-order valence-electron chi connectivity index (χ1n) is 8.37. The summed E-state index contributed by atoms with van der Waals surface area (Å²) in [5, 5.41) is 2.80. The van der Waals surface area contributed by atoms with Gasteiger partial charge in [0, 0.05) is 19.3 Å². The number of sulfonamides is 1. The molecule has 26 heavy (non-hydrogen) atoms. The highest BCUT2D eigenvalue weighted by molar-refractivity contribution is 7.89. The number of ether oxygens (including phenoxy) is 1. The van der Waals surface area contributed by atoms with Crippen LogP contribution in [0, 0.1) is 5.92 Å². The summed E-state index contributed by atoms with van der Waals surface area (Å²) in [6.07, 6.45) is 2.84. The Balaban J connectivity index is 1.73. The molecular weight excluding hydrogens is 354 g/mol. The monoisotopic (exact) mass is 375 g/mol. The van der Waals surface area contributed by atoms with Crippen molar-refractivity contribution in [2.24, 2.45) is 5.92 Å². The Labute approximate surface area is 153 Å². The molecule has 3 rings (SSSR count). The van der Waals surface area contributed by atoms with Gasteiger partial charge in [-0.1, -0.05) is 18.2 Å². The first-order valence-corrected chi connectivity index (χ1v) is 9.81. The smallest absolute Gasteiger partial charge is 0.243 e. The molecule has 1 amide bonds. The van der Waals surface area contributed by atoms with E-state index in [0.29, 0.717) is 31.0 Å². The molecule has 7 nitrogen and oxygen atoms in total. The third-order valence-corrected chi connectivity index (χ3v) is 6.24. The molecule has 2 aromatic rings. The second kappa shape index (κ2) is 7.84. The van der Waals surface area contributed by atoms with E-state index >= 15 is 0 Å². The fraction of sp³-hybridized carbons (Fsp3) is 0.333. The van der Waals surface area contributed by atoms with Crippen LogP contribution in [0.1, 0.15) is 12.8 Å². The maximum Gasteiger partial charge on any atom is 0.243 e. The lowest BCUT2D eigenvalue weighted by atomic mass is 9.99. The molecule has 1 fully saturated rings. The molecule has 0 aliphatic carbocycles. The van der Waals surface area contributed by atoms with E-state index in [1.807, 2.05) is 0 Å². The standard InChI is InChI=1S/C18H21N3O4S/c1-25-18-16(10-5-11-19-18)20-17(22)14-7-6-12-21(13-14)26(23,24)15-8-3-2-4-9-15/h2-5,8-11,14H,6-7,12-13H2,1H3,(H,20,22). The molecule has 1 unspecified atom stereocenters. The fourth-order valence-corrected chi connectivity index (χ4v) is 4.54. The molecule has 0 bridgehead atoms. The summed E-state index contributed by atoms with van der Waals surface area (Å²) in [4.78, 5) is 16.9. The number of nitrogens with one attached hydrogen (secondary N) is 1. The average Bonchev–Trinajstić information content (AvgIpc) is 2.69. The molecule has 138 valence electrons. The van der Waals surface area contributed by atoms with Crippen LogP contribution >= 0.6 is 0 Å². The van der Waals surface area contributed by atoms with Crippen LogP contribution in [0.2, 0.25) is 0 Å². The highest BCUT2D eigenvalue weighted by Gasteiger charge is 2.33. The van der Waals surface area contributed by atoms with Crippen molar-refractivity contribution in [2.45, 2.75) is 17.7 Å². The van der Waals surface area contributed by atoms with Gasteiger partial charge in [-0.2, -0.15) is 4.31 Å². The van der Waals surface area contributed by atoms with Crippen LogP contribution in [-0.4, -0.2) is 43.8 Å². The number of rotatable bonds is 5. The first kappa shape index (κ1) is 18.3. The molecule has 1 aliphatic rings. The van der Waals surface area contributed by atoms with E-state index in [9.17, 15) is 13.2 Å². The SMILES string of the molecule is COc1ncccc1NC(=O)C1CCCN(S(=O)(=O)c2ccccc2)C1. The summed E-state index contributed by atoms with van der Waals surface area (Å²) in [6, 6.07) is 11.7.